The van der Waals surface area contributed by atoms with E-state index in [9.17, 15) is 18.0 Å². The summed E-state index contributed by atoms with van der Waals surface area (Å²) in [6.07, 6.45) is -4.63. The first kappa shape index (κ1) is 16.1. The molecular formula is C8H17F3O2Si. The summed E-state index contributed by atoms with van der Waals surface area (Å²) in [5, 5.41) is -1.44. The third-order valence-corrected chi connectivity index (χ3v) is 8.08. The summed E-state index contributed by atoms with van der Waals surface area (Å²) in [7, 11) is -2.72. The van der Waals surface area contributed by atoms with E-state index in [0.29, 0.717) is 18.1 Å². The van der Waals surface area contributed by atoms with Crippen LogP contribution in [0.25, 0.3) is 0 Å². The first-order valence-electron chi connectivity index (χ1n) is 4.45. The molecule has 0 amide bonds. The Morgan fingerprint density at radius 1 is 1.07 bits per heavy atom. The minimum Gasteiger partial charge on any atom is -0.412 e. The molecule has 0 atom stereocenters. The van der Waals surface area contributed by atoms with Gasteiger partial charge in [0.15, 0.2) is 0 Å². The average Bonchev–Trinajstić information content (AvgIpc) is 2.07. The molecule has 0 aliphatic carbocycles. The van der Waals surface area contributed by atoms with E-state index < -0.39 is 19.7 Å². The normalized spacial score (nSPS) is 12.1. The van der Waals surface area contributed by atoms with Crippen LogP contribution >= 0.6 is 0 Å². The number of alkyl halides is 3. The van der Waals surface area contributed by atoms with E-state index in [4.69, 9.17) is 0 Å². The summed E-state index contributed by atoms with van der Waals surface area (Å²) in [6.45, 7) is 5.05. The van der Waals surface area contributed by atoms with Crippen molar-refractivity contribution >= 4 is 13.5 Å². The molecule has 0 rings (SSSR count). The van der Waals surface area contributed by atoms with Crippen molar-refractivity contribution in [1.82, 2.24) is 0 Å². The van der Waals surface area contributed by atoms with Crippen LogP contribution in [0, 0.1) is 0 Å². The van der Waals surface area contributed by atoms with E-state index in [2.05, 4.69) is 0 Å². The highest BCUT2D eigenvalue weighted by Crippen LogP contribution is 2.30. The van der Waals surface area contributed by atoms with Crippen molar-refractivity contribution in [3.63, 3.8) is 0 Å². The van der Waals surface area contributed by atoms with Crippen LogP contribution in [0.2, 0.25) is 18.1 Å². The molecule has 0 bridgehead atoms. The fourth-order valence-corrected chi connectivity index (χ4v) is 4.60. The van der Waals surface area contributed by atoms with E-state index in [-0.39, 0.29) is 5.48 Å². The summed E-state index contributed by atoms with van der Waals surface area (Å²) < 4.78 is 36.6. The molecule has 0 spiro atoms. The first-order valence-corrected chi connectivity index (χ1v) is 7.07. The van der Waals surface area contributed by atoms with E-state index in [0.717, 1.165) is 0 Å². The molecule has 2 nitrogen and oxygen atoms in total. The molecule has 86 valence electrons. The second-order valence-electron chi connectivity index (χ2n) is 3.17. The summed E-state index contributed by atoms with van der Waals surface area (Å²) >= 11 is 0. The predicted molar refractivity (Wildman–Crippen MR) is 51.9 cm³/mol. The summed E-state index contributed by atoms with van der Waals surface area (Å²) in [6, 6.07) is 1.16. The topological polar surface area (TPSA) is 48.6 Å². The van der Waals surface area contributed by atoms with Crippen molar-refractivity contribution in [1.29, 1.82) is 0 Å². The van der Waals surface area contributed by atoms with E-state index in [1.807, 2.05) is 0 Å². The van der Waals surface area contributed by atoms with Crippen molar-refractivity contribution < 1.29 is 23.4 Å². The quantitative estimate of drug-likeness (QED) is 0.684. The van der Waals surface area contributed by atoms with Gasteiger partial charge in [0.2, 0.25) is 5.41 Å². The Morgan fingerprint density at radius 2 is 1.36 bits per heavy atom. The van der Waals surface area contributed by atoms with Crippen LogP contribution in [0.3, 0.4) is 0 Å². The first-order chi connectivity index (χ1) is 5.84. The third kappa shape index (κ3) is 3.09. The second-order valence-corrected chi connectivity index (χ2v) is 8.30. The van der Waals surface area contributed by atoms with Gasteiger partial charge in [-0.25, -0.2) is 0 Å². The van der Waals surface area contributed by atoms with Gasteiger partial charge in [-0.2, -0.15) is 13.2 Å². The van der Waals surface area contributed by atoms with Crippen molar-refractivity contribution in [2.24, 2.45) is 0 Å². The van der Waals surface area contributed by atoms with Gasteiger partial charge in [-0.15, -0.1) is 0 Å². The Kier molecular flexibility index (Phi) is 6.32. The van der Waals surface area contributed by atoms with E-state index in [1.165, 1.54) is 0 Å². The monoisotopic (exact) mass is 230 g/mol. The summed E-state index contributed by atoms with van der Waals surface area (Å²) in [5.41, 5.74) is 0. The second kappa shape index (κ2) is 5.50. The number of rotatable bonds is 4. The van der Waals surface area contributed by atoms with Gasteiger partial charge in [-0.3, -0.25) is 4.79 Å². The molecule has 0 heterocycles. The molecule has 0 aliphatic rings. The Morgan fingerprint density at radius 3 is 1.43 bits per heavy atom. The van der Waals surface area contributed by atoms with Gasteiger partial charge in [0.1, 0.15) is 8.07 Å². The van der Waals surface area contributed by atoms with Crippen LogP contribution in [-0.4, -0.2) is 25.1 Å². The van der Waals surface area contributed by atoms with Gasteiger partial charge in [-0.1, -0.05) is 38.9 Å². The maximum Gasteiger partial charge on any atom is 0.444 e. The molecule has 0 aromatic rings. The van der Waals surface area contributed by atoms with Crippen LogP contribution in [0.5, 0.6) is 0 Å². The van der Waals surface area contributed by atoms with Crippen molar-refractivity contribution in [3.8, 4) is 0 Å². The van der Waals surface area contributed by atoms with Crippen molar-refractivity contribution in [2.75, 3.05) is 0 Å². The lowest BCUT2D eigenvalue weighted by atomic mass is 10.7. The number of carbonyl (C=O) groups excluding carboxylic acids is 1. The molecular weight excluding hydrogens is 213 g/mol. The van der Waals surface area contributed by atoms with Crippen LogP contribution in [0.15, 0.2) is 0 Å². The number of halogens is 3. The molecule has 0 aromatic carbocycles. The molecule has 14 heavy (non-hydrogen) atoms. The fourth-order valence-electron chi connectivity index (χ4n) is 1.53. The number of hydrogen-bond donors (Lipinski definition) is 0. The molecule has 0 saturated carbocycles. The van der Waals surface area contributed by atoms with Gasteiger partial charge < -0.3 is 5.48 Å². The molecule has 0 aromatic heterocycles. The smallest absolute Gasteiger partial charge is 0.412 e. The molecule has 0 unspecified atom stereocenters. The molecule has 0 radical (unpaired) electrons. The highest BCUT2D eigenvalue weighted by Gasteiger charge is 2.51. The molecule has 0 fully saturated rings. The van der Waals surface area contributed by atoms with Gasteiger partial charge in [-0.05, 0) is 0 Å². The zero-order valence-electron chi connectivity index (χ0n) is 8.66. The zero-order chi connectivity index (χ0) is 10.7. The number of carbonyl (C=O) groups is 1. The molecule has 0 aliphatic heterocycles. The maximum atomic E-state index is 12.2. The van der Waals surface area contributed by atoms with Gasteiger partial charge in [0.05, 0.1) is 0 Å². The van der Waals surface area contributed by atoms with Crippen molar-refractivity contribution in [2.45, 2.75) is 45.1 Å². The maximum absolute atomic E-state index is 12.2. The summed E-state index contributed by atoms with van der Waals surface area (Å²) in [4.78, 5) is 11.1. The largest absolute Gasteiger partial charge is 0.444 e. The summed E-state index contributed by atoms with van der Waals surface area (Å²) in [5.74, 6) is 0. The van der Waals surface area contributed by atoms with Crippen LogP contribution in [0.4, 0.5) is 13.2 Å². The Labute approximate surface area is 82.8 Å². The number of hydrogen-bond acceptors (Lipinski definition) is 1. The minimum atomic E-state index is -4.63. The lowest BCUT2D eigenvalue weighted by molar-refractivity contribution is -0.162. The lowest BCUT2D eigenvalue weighted by Crippen LogP contribution is -2.49. The van der Waals surface area contributed by atoms with Crippen LogP contribution < -0.4 is 0 Å². The predicted octanol–water partition coefficient (Wildman–Crippen LogP) is 2.34. The standard InChI is InChI=1S/C8H15F3OSi.H2O/c1-4-13(5-2,6-3)7(12)8(9,10)11;/h4-6H2,1-3H3;1H2. The average molecular weight is 230 g/mol. The molecule has 2 N–H and O–H groups in total. The Bertz CT molecular complexity index is 179. The van der Waals surface area contributed by atoms with Gasteiger partial charge >= 0.3 is 6.18 Å². The third-order valence-electron chi connectivity index (χ3n) is 2.77. The van der Waals surface area contributed by atoms with Crippen molar-refractivity contribution in [3.05, 3.63) is 0 Å². The highest BCUT2D eigenvalue weighted by molar-refractivity contribution is 7.06. The van der Waals surface area contributed by atoms with E-state index in [1.54, 1.807) is 20.8 Å². The molecule has 6 heteroatoms. The lowest BCUT2D eigenvalue weighted by Gasteiger charge is -2.26. The van der Waals surface area contributed by atoms with Gasteiger partial charge in [0.25, 0.3) is 0 Å². The highest BCUT2D eigenvalue weighted by atomic mass is 28.3. The van der Waals surface area contributed by atoms with E-state index >= 15 is 0 Å². The SMILES string of the molecule is CC[Si](CC)(CC)C(=O)C(F)(F)F.O. The van der Waals surface area contributed by atoms with Gasteiger partial charge in [0, 0.05) is 0 Å². The Hall–Kier alpha value is -0.363. The fraction of sp³-hybridized carbons (Fsp3) is 0.875. The molecule has 0 saturated heterocycles. The van der Waals surface area contributed by atoms with Crippen LogP contribution in [0.1, 0.15) is 20.8 Å². The Balaban J connectivity index is 0. The minimum absolute atomic E-state index is 0. The van der Waals surface area contributed by atoms with Crippen LogP contribution in [-0.2, 0) is 4.79 Å². The zero-order valence-corrected chi connectivity index (χ0v) is 9.66.